The summed E-state index contributed by atoms with van der Waals surface area (Å²) in [6.45, 7) is 3.60. The molecule has 2 aromatic carbocycles. The van der Waals surface area contributed by atoms with Crippen LogP contribution in [0.3, 0.4) is 0 Å². The highest BCUT2D eigenvalue weighted by molar-refractivity contribution is 5.71. The van der Waals surface area contributed by atoms with Crippen LogP contribution >= 0.6 is 0 Å². The number of hydrogen-bond donors (Lipinski definition) is 3. The zero-order chi connectivity index (χ0) is 23.9. The number of nitrogen functional groups attached to an aromatic ring is 1. The number of hydrogen-bond acceptors (Lipinski definition) is 9. The normalized spacial score (nSPS) is 14.0. The fourth-order valence-corrected chi connectivity index (χ4v) is 3.90. The van der Waals surface area contributed by atoms with Crippen LogP contribution in [0.25, 0.3) is 0 Å². The lowest BCUT2D eigenvalue weighted by molar-refractivity contribution is 0.235. The molecule has 4 rings (SSSR count). The molecule has 10 heteroatoms. The Hall–Kier alpha value is -3.79. The van der Waals surface area contributed by atoms with E-state index in [-0.39, 0.29) is 6.67 Å². The summed E-state index contributed by atoms with van der Waals surface area (Å²) in [7, 11) is 3.23. The Balaban J connectivity index is 1.47. The van der Waals surface area contributed by atoms with E-state index in [4.69, 9.17) is 15.2 Å². The van der Waals surface area contributed by atoms with Crippen molar-refractivity contribution in [2.75, 3.05) is 74.9 Å². The van der Waals surface area contributed by atoms with Gasteiger partial charge in [-0.3, -0.25) is 4.90 Å². The van der Waals surface area contributed by atoms with E-state index in [0.717, 1.165) is 37.6 Å². The van der Waals surface area contributed by atoms with Crippen molar-refractivity contribution in [2.24, 2.45) is 0 Å². The maximum Gasteiger partial charge on any atom is 0.229 e. The van der Waals surface area contributed by atoms with Crippen LogP contribution in [-0.4, -0.2) is 68.5 Å². The van der Waals surface area contributed by atoms with E-state index in [1.54, 1.807) is 44.7 Å². The number of methoxy groups -OCH3 is 2. The van der Waals surface area contributed by atoms with Crippen LogP contribution in [0.1, 0.15) is 0 Å². The minimum Gasteiger partial charge on any atom is -0.495 e. The number of nitrogens with zero attached hydrogens (tertiary/aromatic N) is 4. The first kappa shape index (κ1) is 23.4. The summed E-state index contributed by atoms with van der Waals surface area (Å²) in [5, 5.41) is 6.45. The summed E-state index contributed by atoms with van der Waals surface area (Å²) in [4.78, 5) is 13.3. The molecule has 0 amide bonds. The molecule has 0 aliphatic carbocycles. The van der Waals surface area contributed by atoms with Crippen molar-refractivity contribution >= 4 is 34.5 Å². The van der Waals surface area contributed by atoms with Crippen molar-refractivity contribution < 1.29 is 13.9 Å². The molecular weight excluding hydrogens is 437 g/mol. The SMILES string of the molecule is COc1cc(N2CCN(CCF)CC2)ccc1Nc1ccnc(Nc2cc(N)ccc2OC)n1. The second-order valence-electron chi connectivity index (χ2n) is 7.88. The molecule has 0 radical (unpaired) electrons. The Morgan fingerprint density at radius 3 is 2.47 bits per heavy atom. The van der Waals surface area contributed by atoms with Gasteiger partial charge in [0.15, 0.2) is 0 Å². The molecule has 3 aromatic rings. The largest absolute Gasteiger partial charge is 0.495 e. The monoisotopic (exact) mass is 467 g/mol. The zero-order valence-corrected chi connectivity index (χ0v) is 19.4. The molecule has 0 atom stereocenters. The van der Waals surface area contributed by atoms with Gasteiger partial charge in [0.1, 0.15) is 24.0 Å². The number of nitrogens with one attached hydrogen (secondary N) is 2. The third kappa shape index (κ3) is 5.57. The topological polar surface area (TPSA) is 101 Å². The fraction of sp³-hybridized carbons (Fsp3) is 0.333. The Kier molecular flexibility index (Phi) is 7.48. The van der Waals surface area contributed by atoms with Gasteiger partial charge in [-0.15, -0.1) is 0 Å². The molecule has 0 unspecified atom stereocenters. The van der Waals surface area contributed by atoms with E-state index in [2.05, 4.69) is 30.4 Å². The van der Waals surface area contributed by atoms with Crippen molar-refractivity contribution in [1.82, 2.24) is 14.9 Å². The number of ether oxygens (including phenoxy) is 2. The molecule has 1 fully saturated rings. The van der Waals surface area contributed by atoms with Crippen LogP contribution in [0, 0.1) is 0 Å². The summed E-state index contributed by atoms with van der Waals surface area (Å²) in [5.41, 5.74) is 9.04. The standard InChI is InChI=1S/C24H30FN7O2/c1-33-21-6-3-17(26)15-20(21)29-24-27-9-7-23(30-24)28-19-5-4-18(16-22(19)34-2)32-13-11-31(10-8-25)12-14-32/h3-7,9,15-16H,8,10-14,26H2,1-2H3,(H2,27,28,29,30). The molecule has 4 N–H and O–H groups in total. The average molecular weight is 468 g/mol. The predicted octanol–water partition coefficient (Wildman–Crippen LogP) is 3.65. The first-order valence-corrected chi connectivity index (χ1v) is 11.1. The smallest absolute Gasteiger partial charge is 0.229 e. The lowest BCUT2D eigenvalue weighted by atomic mass is 10.2. The molecule has 180 valence electrons. The quantitative estimate of drug-likeness (QED) is 0.407. The third-order valence-electron chi connectivity index (χ3n) is 5.71. The first-order valence-electron chi connectivity index (χ1n) is 11.1. The van der Waals surface area contributed by atoms with Gasteiger partial charge in [0.2, 0.25) is 5.95 Å². The minimum absolute atomic E-state index is 0.304. The molecular formula is C24H30FN7O2. The van der Waals surface area contributed by atoms with Gasteiger partial charge in [-0.05, 0) is 36.4 Å². The summed E-state index contributed by atoms with van der Waals surface area (Å²) in [5.74, 6) is 2.34. The number of benzene rings is 2. The van der Waals surface area contributed by atoms with Gasteiger partial charge < -0.3 is 30.7 Å². The van der Waals surface area contributed by atoms with E-state index < -0.39 is 0 Å². The number of halogens is 1. The lowest BCUT2D eigenvalue weighted by Gasteiger charge is -2.35. The van der Waals surface area contributed by atoms with E-state index in [9.17, 15) is 4.39 Å². The van der Waals surface area contributed by atoms with E-state index >= 15 is 0 Å². The number of alkyl halides is 1. The molecule has 1 aliphatic heterocycles. The molecule has 0 spiro atoms. The molecule has 1 aromatic heterocycles. The summed E-state index contributed by atoms with van der Waals surface area (Å²) >= 11 is 0. The van der Waals surface area contributed by atoms with Crippen molar-refractivity contribution in [3.8, 4) is 11.5 Å². The number of rotatable bonds is 9. The molecule has 34 heavy (non-hydrogen) atoms. The van der Waals surface area contributed by atoms with Crippen LogP contribution in [0.5, 0.6) is 11.5 Å². The van der Waals surface area contributed by atoms with Gasteiger partial charge in [-0.2, -0.15) is 4.98 Å². The summed E-state index contributed by atoms with van der Waals surface area (Å²) < 4.78 is 23.6. The summed E-state index contributed by atoms with van der Waals surface area (Å²) in [6, 6.07) is 13.1. The number of aromatic nitrogens is 2. The predicted molar refractivity (Wildman–Crippen MR) is 134 cm³/mol. The van der Waals surface area contributed by atoms with Gasteiger partial charge in [-0.1, -0.05) is 0 Å². The van der Waals surface area contributed by atoms with Crippen LogP contribution in [0.2, 0.25) is 0 Å². The lowest BCUT2D eigenvalue weighted by Crippen LogP contribution is -2.47. The number of piperazine rings is 1. The van der Waals surface area contributed by atoms with Gasteiger partial charge >= 0.3 is 0 Å². The highest BCUT2D eigenvalue weighted by Crippen LogP contribution is 2.33. The Morgan fingerprint density at radius 1 is 0.941 bits per heavy atom. The van der Waals surface area contributed by atoms with Crippen LogP contribution in [-0.2, 0) is 0 Å². The van der Waals surface area contributed by atoms with E-state index in [0.29, 0.717) is 41.2 Å². The van der Waals surface area contributed by atoms with Crippen molar-refractivity contribution in [3.63, 3.8) is 0 Å². The zero-order valence-electron chi connectivity index (χ0n) is 19.4. The molecule has 9 nitrogen and oxygen atoms in total. The van der Waals surface area contributed by atoms with Crippen molar-refractivity contribution in [1.29, 1.82) is 0 Å². The molecule has 0 bridgehead atoms. The summed E-state index contributed by atoms with van der Waals surface area (Å²) in [6.07, 6.45) is 1.66. The highest BCUT2D eigenvalue weighted by atomic mass is 19.1. The minimum atomic E-state index is -0.304. The maximum absolute atomic E-state index is 12.6. The van der Waals surface area contributed by atoms with E-state index in [1.165, 1.54) is 0 Å². The molecule has 0 saturated carbocycles. The first-order chi connectivity index (χ1) is 16.6. The molecule has 1 saturated heterocycles. The van der Waals surface area contributed by atoms with E-state index in [1.807, 2.05) is 18.2 Å². The Morgan fingerprint density at radius 2 is 1.74 bits per heavy atom. The van der Waals surface area contributed by atoms with Gasteiger partial charge in [0.05, 0.1) is 25.6 Å². The van der Waals surface area contributed by atoms with Gasteiger partial charge in [0, 0.05) is 56.4 Å². The van der Waals surface area contributed by atoms with Crippen LogP contribution in [0.15, 0.2) is 48.7 Å². The highest BCUT2D eigenvalue weighted by Gasteiger charge is 2.18. The fourth-order valence-electron chi connectivity index (χ4n) is 3.90. The average Bonchev–Trinajstić information content (AvgIpc) is 2.85. The second kappa shape index (κ2) is 10.9. The van der Waals surface area contributed by atoms with Crippen molar-refractivity contribution in [2.45, 2.75) is 0 Å². The van der Waals surface area contributed by atoms with Gasteiger partial charge in [0.25, 0.3) is 0 Å². The third-order valence-corrected chi connectivity index (χ3v) is 5.71. The number of anilines is 6. The van der Waals surface area contributed by atoms with Crippen molar-refractivity contribution in [3.05, 3.63) is 48.7 Å². The molecule has 1 aliphatic rings. The van der Waals surface area contributed by atoms with Crippen LogP contribution < -0.4 is 30.7 Å². The maximum atomic E-state index is 12.6. The second-order valence-corrected chi connectivity index (χ2v) is 7.88. The van der Waals surface area contributed by atoms with Crippen LogP contribution in [0.4, 0.5) is 38.9 Å². The van der Waals surface area contributed by atoms with Gasteiger partial charge in [-0.25, -0.2) is 9.37 Å². The number of nitrogens with two attached hydrogens (primary N) is 1. The Labute approximate surface area is 198 Å². The Bertz CT molecular complexity index is 1110. The molecule has 2 heterocycles.